The summed E-state index contributed by atoms with van der Waals surface area (Å²) in [5.41, 5.74) is 0.830. The number of likely N-dealkylation sites (tertiary alicyclic amines) is 1. The number of aliphatic hydroxyl groups is 1. The lowest BCUT2D eigenvalue weighted by atomic mass is 10.1. The predicted molar refractivity (Wildman–Crippen MR) is 73.2 cm³/mol. The zero-order valence-corrected chi connectivity index (χ0v) is 11.2. The minimum Gasteiger partial charge on any atom is -0.394 e. The fourth-order valence-corrected chi connectivity index (χ4v) is 2.57. The molecular formula is C14H18N2O4. The molecule has 1 amide bonds. The van der Waals surface area contributed by atoms with Gasteiger partial charge in [0, 0.05) is 25.1 Å². The van der Waals surface area contributed by atoms with E-state index in [1.165, 1.54) is 12.1 Å². The first kappa shape index (κ1) is 14.5. The number of carbonyl (C=O) groups is 1. The molecule has 0 spiro atoms. The van der Waals surface area contributed by atoms with Crippen LogP contribution in [0.5, 0.6) is 0 Å². The first-order valence-corrected chi connectivity index (χ1v) is 6.75. The number of hydrogen-bond donors (Lipinski definition) is 1. The maximum Gasteiger partial charge on any atom is 0.269 e. The molecule has 0 saturated carbocycles. The van der Waals surface area contributed by atoms with Gasteiger partial charge in [0.25, 0.3) is 5.69 Å². The summed E-state index contributed by atoms with van der Waals surface area (Å²) in [6.45, 7) is 0.696. The van der Waals surface area contributed by atoms with Gasteiger partial charge in [-0.25, -0.2) is 0 Å². The predicted octanol–water partition coefficient (Wildman–Crippen LogP) is 1.51. The van der Waals surface area contributed by atoms with Crippen LogP contribution < -0.4 is 0 Å². The molecule has 1 aliphatic rings. The van der Waals surface area contributed by atoms with Crippen LogP contribution in [0.15, 0.2) is 24.3 Å². The monoisotopic (exact) mass is 278 g/mol. The topological polar surface area (TPSA) is 83.7 Å². The van der Waals surface area contributed by atoms with Crippen LogP contribution in [0.1, 0.15) is 24.8 Å². The van der Waals surface area contributed by atoms with E-state index in [9.17, 15) is 20.0 Å². The Morgan fingerprint density at radius 3 is 3.00 bits per heavy atom. The second kappa shape index (κ2) is 6.47. The summed E-state index contributed by atoms with van der Waals surface area (Å²) in [4.78, 5) is 24.1. The van der Waals surface area contributed by atoms with Crippen molar-refractivity contribution in [2.75, 3.05) is 13.2 Å². The van der Waals surface area contributed by atoms with Crippen LogP contribution in [0.25, 0.3) is 0 Å². The van der Waals surface area contributed by atoms with Gasteiger partial charge >= 0.3 is 0 Å². The highest BCUT2D eigenvalue weighted by Crippen LogP contribution is 2.19. The molecule has 1 N–H and O–H groups in total. The van der Waals surface area contributed by atoms with E-state index in [4.69, 9.17) is 0 Å². The molecule has 2 rings (SSSR count). The Morgan fingerprint density at radius 1 is 1.50 bits per heavy atom. The quantitative estimate of drug-likeness (QED) is 0.653. The summed E-state index contributed by atoms with van der Waals surface area (Å²) in [7, 11) is 0. The van der Waals surface area contributed by atoms with Crippen molar-refractivity contribution in [2.24, 2.45) is 0 Å². The summed E-state index contributed by atoms with van der Waals surface area (Å²) < 4.78 is 0. The van der Waals surface area contributed by atoms with E-state index < -0.39 is 4.92 Å². The zero-order chi connectivity index (χ0) is 14.5. The molecule has 108 valence electrons. The van der Waals surface area contributed by atoms with Crippen molar-refractivity contribution < 1.29 is 14.8 Å². The minimum absolute atomic E-state index is 0.00253. The van der Waals surface area contributed by atoms with E-state index in [-0.39, 0.29) is 24.2 Å². The van der Waals surface area contributed by atoms with Crippen molar-refractivity contribution in [3.8, 4) is 0 Å². The molecule has 1 atom stereocenters. The van der Waals surface area contributed by atoms with Gasteiger partial charge < -0.3 is 10.0 Å². The molecule has 6 heteroatoms. The summed E-state index contributed by atoms with van der Waals surface area (Å²) in [5.74, 6) is 0.00746. The number of nitro benzene ring substituents is 1. The molecule has 1 aromatic rings. The third-order valence-electron chi connectivity index (χ3n) is 3.66. The SMILES string of the molecule is O=C(CCc1cccc([N+](=O)[O-])c1)N1CCC[C@H]1CO. The number of aliphatic hydroxyl groups excluding tert-OH is 1. The summed E-state index contributed by atoms with van der Waals surface area (Å²) in [6.07, 6.45) is 2.57. The molecule has 0 radical (unpaired) electrons. The Labute approximate surface area is 117 Å². The van der Waals surface area contributed by atoms with Crippen molar-refractivity contribution in [3.63, 3.8) is 0 Å². The van der Waals surface area contributed by atoms with Gasteiger partial charge in [-0.3, -0.25) is 14.9 Å². The van der Waals surface area contributed by atoms with Gasteiger partial charge in [-0.05, 0) is 24.8 Å². The average molecular weight is 278 g/mol. The van der Waals surface area contributed by atoms with Crippen LogP contribution in [0, 0.1) is 10.1 Å². The van der Waals surface area contributed by atoms with Crippen LogP contribution in [0.4, 0.5) is 5.69 Å². The van der Waals surface area contributed by atoms with E-state index >= 15 is 0 Å². The Hall–Kier alpha value is -1.95. The molecule has 0 unspecified atom stereocenters. The van der Waals surface area contributed by atoms with Gasteiger partial charge in [-0.1, -0.05) is 12.1 Å². The lowest BCUT2D eigenvalue weighted by Crippen LogP contribution is -2.37. The molecule has 1 aliphatic heterocycles. The van der Waals surface area contributed by atoms with E-state index in [2.05, 4.69) is 0 Å². The number of nitro groups is 1. The Morgan fingerprint density at radius 2 is 2.30 bits per heavy atom. The number of aryl methyl sites for hydroxylation is 1. The van der Waals surface area contributed by atoms with Crippen LogP contribution in [0.3, 0.4) is 0 Å². The van der Waals surface area contributed by atoms with Crippen molar-refractivity contribution in [2.45, 2.75) is 31.7 Å². The molecule has 6 nitrogen and oxygen atoms in total. The molecule has 1 aromatic carbocycles. The van der Waals surface area contributed by atoms with Crippen LogP contribution in [0.2, 0.25) is 0 Å². The molecule has 20 heavy (non-hydrogen) atoms. The third-order valence-corrected chi connectivity index (χ3v) is 3.66. The number of amides is 1. The van der Waals surface area contributed by atoms with E-state index in [0.29, 0.717) is 19.4 Å². The minimum atomic E-state index is -0.437. The van der Waals surface area contributed by atoms with Gasteiger partial charge in [-0.15, -0.1) is 0 Å². The van der Waals surface area contributed by atoms with Crippen LogP contribution in [-0.2, 0) is 11.2 Å². The fraction of sp³-hybridized carbons (Fsp3) is 0.500. The van der Waals surface area contributed by atoms with Crippen molar-refractivity contribution in [1.82, 2.24) is 4.90 Å². The smallest absolute Gasteiger partial charge is 0.269 e. The number of rotatable bonds is 5. The lowest BCUT2D eigenvalue weighted by Gasteiger charge is -2.22. The highest BCUT2D eigenvalue weighted by Gasteiger charge is 2.27. The van der Waals surface area contributed by atoms with E-state index in [0.717, 1.165) is 18.4 Å². The summed E-state index contributed by atoms with van der Waals surface area (Å²) in [5, 5.41) is 19.9. The Bertz CT molecular complexity index is 504. The number of non-ortho nitro benzene ring substituents is 1. The number of nitrogens with zero attached hydrogens (tertiary/aromatic N) is 2. The van der Waals surface area contributed by atoms with Crippen molar-refractivity contribution >= 4 is 11.6 Å². The van der Waals surface area contributed by atoms with Gasteiger partial charge in [-0.2, -0.15) is 0 Å². The third kappa shape index (κ3) is 3.33. The highest BCUT2D eigenvalue weighted by atomic mass is 16.6. The number of carbonyl (C=O) groups excluding carboxylic acids is 1. The van der Waals surface area contributed by atoms with E-state index in [1.807, 2.05) is 0 Å². The van der Waals surface area contributed by atoms with Gasteiger partial charge in [0.1, 0.15) is 0 Å². The molecule has 1 saturated heterocycles. The van der Waals surface area contributed by atoms with Crippen molar-refractivity contribution in [3.05, 3.63) is 39.9 Å². The molecule has 0 aromatic heterocycles. The van der Waals surface area contributed by atoms with Crippen molar-refractivity contribution in [1.29, 1.82) is 0 Å². The number of hydrogen-bond acceptors (Lipinski definition) is 4. The normalized spacial score (nSPS) is 18.2. The van der Waals surface area contributed by atoms with Crippen LogP contribution >= 0.6 is 0 Å². The largest absolute Gasteiger partial charge is 0.394 e. The molecular weight excluding hydrogens is 260 g/mol. The second-order valence-electron chi connectivity index (χ2n) is 4.99. The molecule has 1 heterocycles. The maximum atomic E-state index is 12.1. The lowest BCUT2D eigenvalue weighted by molar-refractivity contribution is -0.384. The van der Waals surface area contributed by atoms with Gasteiger partial charge in [0.2, 0.25) is 5.91 Å². The standard InChI is InChI=1S/C14H18N2O4/c17-10-13-5-2-8-15(13)14(18)7-6-11-3-1-4-12(9-11)16(19)20/h1,3-4,9,13,17H,2,5-8,10H2/t13-/m0/s1. The fourth-order valence-electron chi connectivity index (χ4n) is 2.57. The zero-order valence-electron chi connectivity index (χ0n) is 11.2. The number of benzene rings is 1. The Balaban J connectivity index is 1.93. The average Bonchev–Trinajstić information content (AvgIpc) is 2.93. The molecule has 0 bridgehead atoms. The molecule has 1 fully saturated rings. The van der Waals surface area contributed by atoms with Gasteiger partial charge in [0.05, 0.1) is 17.6 Å². The first-order valence-electron chi connectivity index (χ1n) is 6.75. The molecule has 0 aliphatic carbocycles. The summed E-state index contributed by atoms with van der Waals surface area (Å²) >= 11 is 0. The first-order chi connectivity index (χ1) is 9.61. The highest BCUT2D eigenvalue weighted by molar-refractivity contribution is 5.77. The Kier molecular flexibility index (Phi) is 4.68. The second-order valence-corrected chi connectivity index (χ2v) is 4.99. The van der Waals surface area contributed by atoms with Crippen LogP contribution in [-0.4, -0.2) is 40.0 Å². The van der Waals surface area contributed by atoms with E-state index in [1.54, 1.807) is 17.0 Å². The summed E-state index contributed by atoms with van der Waals surface area (Å²) in [6, 6.07) is 6.29. The maximum absolute atomic E-state index is 12.1. The van der Waals surface area contributed by atoms with Gasteiger partial charge in [0.15, 0.2) is 0 Å².